The van der Waals surface area contributed by atoms with E-state index in [1.54, 1.807) is 9.80 Å². The van der Waals surface area contributed by atoms with E-state index in [4.69, 9.17) is 11.5 Å². The van der Waals surface area contributed by atoms with E-state index in [0.29, 0.717) is 25.6 Å². The summed E-state index contributed by atoms with van der Waals surface area (Å²) in [7, 11) is 0. The molecule has 2 rings (SSSR count). The number of carbonyl (C=O) groups excluding carboxylic acids is 1. The molecule has 2 aliphatic rings. The second kappa shape index (κ2) is 6.65. The third kappa shape index (κ3) is 3.89. The van der Waals surface area contributed by atoms with Crippen molar-refractivity contribution in [1.82, 2.24) is 9.80 Å². The number of terminal acetylenes is 1. The van der Waals surface area contributed by atoms with Gasteiger partial charge in [-0.05, 0) is 38.0 Å². The maximum absolute atomic E-state index is 12.6. The van der Waals surface area contributed by atoms with E-state index in [2.05, 4.69) is 5.92 Å². The van der Waals surface area contributed by atoms with Gasteiger partial charge in [-0.1, -0.05) is 5.92 Å². The van der Waals surface area contributed by atoms with E-state index in [-0.39, 0.29) is 18.5 Å². The first kappa shape index (κ1) is 14.7. The lowest BCUT2D eigenvalue weighted by Gasteiger charge is -2.38. The molecule has 0 spiro atoms. The van der Waals surface area contributed by atoms with Crippen molar-refractivity contribution < 1.29 is 14.7 Å². The van der Waals surface area contributed by atoms with Crippen LogP contribution in [0.4, 0.5) is 4.79 Å². The van der Waals surface area contributed by atoms with Gasteiger partial charge in [0.2, 0.25) is 0 Å². The zero-order valence-corrected chi connectivity index (χ0v) is 11.8. The van der Waals surface area contributed by atoms with Crippen LogP contribution in [0.2, 0.25) is 0 Å². The highest BCUT2D eigenvalue weighted by atomic mass is 16.4. The van der Waals surface area contributed by atoms with Gasteiger partial charge >= 0.3 is 12.0 Å². The molecule has 0 aromatic rings. The fourth-order valence-electron chi connectivity index (χ4n) is 2.78. The minimum absolute atomic E-state index is 0.0268. The van der Waals surface area contributed by atoms with Crippen LogP contribution in [0.3, 0.4) is 0 Å². The Bertz CT molecular complexity index is 412. The number of likely N-dealkylation sites (tertiary alicyclic amines) is 1. The second-order valence-corrected chi connectivity index (χ2v) is 5.75. The van der Waals surface area contributed by atoms with E-state index in [1.807, 2.05) is 0 Å². The monoisotopic (exact) mass is 278 g/mol. The Morgan fingerprint density at radius 1 is 1.30 bits per heavy atom. The molecule has 5 heteroatoms. The smallest absolute Gasteiger partial charge is 0.321 e. The number of nitrogens with zero attached hydrogens (tertiary/aromatic N) is 2. The number of aliphatic carboxylic acids is 1. The molecule has 0 radical (unpaired) electrons. The van der Waals surface area contributed by atoms with Crippen LogP contribution in [0.1, 0.15) is 38.5 Å². The normalized spacial score (nSPS) is 22.1. The molecule has 5 nitrogen and oxygen atoms in total. The van der Waals surface area contributed by atoms with Crippen molar-refractivity contribution in [2.75, 3.05) is 19.6 Å². The van der Waals surface area contributed by atoms with Crippen molar-refractivity contribution in [3.05, 3.63) is 0 Å². The van der Waals surface area contributed by atoms with Crippen LogP contribution in [0.15, 0.2) is 0 Å². The minimum Gasteiger partial charge on any atom is -0.481 e. The maximum Gasteiger partial charge on any atom is 0.321 e. The summed E-state index contributed by atoms with van der Waals surface area (Å²) in [5.74, 6) is 2.27. The quantitative estimate of drug-likeness (QED) is 0.780. The molecule has 1 aliphatic carbocycles. The first-order valence-electron chi connectivity index (χ1n) is 7.32. The summed E-state index contributed by atoms with van der Waals surface area (Å²) < 4.78 is 0. The van der Waals surface area contributed by atoms with Crippen molar-refractivity contribution in [2.24, 2.45) is 5.92 Å². The molecule has 1 N–H and O–H groups in total. The third-order valence-corrected chi connectivity index (χ3v) is 4.01. The molecule has 0 aromatic carbocycles. The van der Waals surface area contributed by atoms with Crippen LogP contribution >= 0.6 is 0 Å². The predicted octanol–water partition coefficient (Wildman–Crippen LogP) is 1.78. The second-order valence-electron chi connectivity index (χ2n) is 5.75. The molecule has 1 aliphatic heterocycles. The molecule has 0 bridgehead atoms. The van der Waals surface area contributed by atoms with E-state index in [9.17, 15) is 9.59 Å². The number of carboxylic acid groups (broad SMARTS) is 1. The maximum atomic E-state index is 12.6. The number of piperidine rings is 1. The number of carboxylic acids is 1. The summed E-state index contributed by atoms with van der Waals surface area (Å²) in [5, 5.41) is 8.98. The van der Waals surface area contributed by atoms with Crippen molar-refractivity contribution in [3.8, 4) is 12.3 Å². The van der Waals surface area contributed by atoms with Gasteiger partial charge in [0.25, 0.3) is 0 Å². The van der Waals surface area contributed by atoms with E-state index in [1.165, 1.54) is 0 Å². The summed E-state index contributed by atoms with van der Waals surface area (Å²) in [5.41, 5.74) is 0. The SMILES string of the molecule is C#CCN(CC1CC1)C(=O)N1CCCCC1CC(=O)O. The number of rotatable bonds is 5. The molecule has 0 aromatic heterocycles. The Hall–Kier alpha value is -1.70. The number of carbonyl (C=O) groups is 2. The fourth-order valence-corrected chi connectivity index (χ4v) is 2.78. The summed E-state index contributed by atoms with van der Waals surface area (Å²) in [6, 6.07) is -0.269. The van der Waals surface area contributed by atoms with Gasteiger partial charge in [0.15, 0.2) is 0 Å². The standard InChI is InChI=1S/C15H22N2O3/c1-2-8-16(11-12-6-7-12)15(20)17-9-4-3-5-13(17)10-14(18)19/h1,12-13H,3-11H2,(H,18,19). The minimum atomic E-state index is -0.847. The average molecular weight is 278 g/mol. The number of hydrogen-bond donors (Lipinski definition) is 1. The number of urea groups is 1. The molecule has 2 fully saturated rings. The van der Waals surface area contributed by atoms with Crippen LogP contribution in [0, 0.1) is 18.3 Å². The number of hydrogen-bond acceptors (Lipinski definition) is 2. The van der Waals surface area contributed by atoms with Gasteiger partial charge in [-0.25, -0.2) is 4.79 Å². The Kier molecular flexibility index (Phi) is 4.89. The van der Waals surface area contributed by atoms with Gasteiger partial charge in [0.05, 0.1) is 13.0 Å². The Morgan fingerprint density at radius 3 is 2.65 bits per heavy atom. The van der Waals surface area contributed by atoms with Gasteiger partial charge in [-0.3, -0.25) is 4.79 Å². The van der Waals surface area contributed by atoms with Crippen molar-refractivity contribution in [1.29, 1.82) is 0 Å². The molecular formula is C15H22N2O3. The lowest BCUT2D eigenvalue weighted by molar-refractivity contribution is -0.138. The fraction of sp³-hybridized carbons (Fsp3) is 0.733. The van der Waals surface area contributed by atoms with Gasteiger partial charge in [0, 0.05) is 19.1 Å². The predicted molar refractivity (Wildman–Crippen MR) is 75.1 cm³/mol. The van der Waals surface area contributed by atoms with Crippen molar-refractivity contribution >= 4 is 12.0 Å². The molecule has 20 heavy (non-hydrogen) atoms. The molecule has 1 saturated carbocycles. The molecule has 110 valence electrons. The lowest BCUT2D eigenvalue weighted by atomic mass is 10.00. The average Bonchev–Trinajstić information content (AvgIpc) is 3.21. The van der Waals surface area contributed by atoms with E-state index >= 15 is 0 Å². The highest BCUT2D eigenvalue weighted by Gasteiger charge is 2.33. The molecule has 1 atom stereocenters. The molecular weight excluding hydrogens is 256 g/mol. The molecule has 1 saturated heterocycles. The lowest BCUT2D eigenvalue weighted by Crippen LogP contribution is -2.51. The van der Waals surface area contributed by atoms with Crippen LogP contribution < -0.4 is 0 Å². The summed E-state index contributed by atoms with van der Waals surface area (Å²) in [4.78, 5) is 27.0. The topological polar surface area (TPSA) is 60.9 Å². The van der Waals surface area contributed by atoms with Crippen molar-refractivity contribution in [2.45, 2.75) is 44.6 Å². The summed E-state index contributed by atoms with van der Waals surface area (Å²) >= 11 is 0. The van der Waals surface area contributed by atoms with E-state index < -0.39 is 5.97 Å². The number of amides is 2. The summed E-state index contributed by atoms with van der Waals surface area (Å²) in [6.07, 6.45) is 10.4. The molecule has 2 amide bonds. The first-order valence-corrected chi connectivity index (χ1v) is 7.32. The Labute approximate surface area is 119 Å². The first-order chi connectivity index (χ1) is 9.61. The zero-order chi connectivity index (χ0) is 14.5. The highest BCUT2D eigenvalue weighted by Crippen LogP contribution is 2.30. The zero-order valence-electron chi connectivity index (χ0n) is 11.8. The highest BCUT2D eigenvalue weighted by molar-refractivity contribution is 5.76. The van der Waals surface area contributed by atoms with Crippen molar-refractivity contribution in [3.63, 3.8) is 0 Å². The Balaban J connectivity index is 2.01. The van der Waals surface area contributed by atoms with Crippen LogP contribution in [-0.4, -0.2) is 52.6 Å². The van der Waals surface area contributed by atoms with Crippen LogP contribution in [0.25, 0.3) is 0 Å². The molecule has 1 unspecified atom stereocenters. The largest absolute Gasteiger partial charge is 0.481 e. The van der Waals surface area contributed by atoms with Gasteiger partial charge < -0.3 is 14.9 Å². The van der Waals surface area contributed by atoms with Gasteiger partial charge in [-0.15, -0.1) is 6.42 Å². The molecule has 1 heterocycles. The van der Waals surface area contributed by atoms with Crippen LogP contribution in [0.5, 0.6) is 0 Å². The summed E-state index contributed by atoms with van der Waals surface area (Å²) in [6.45, 7) is 1.66. The van der Waals surface area contributed by atoms with Crippen LogP contribution in [-0.2, 0) is 4.79 Å². The Morgan fingerprint density at radius 2 is 2.05 bits per heavy atom. The van der Waals surface area contributed by atoms with Gasteiger partial charge in [-0.2, -0.15) is 0 Å². The van der Waals surface area contributed by atoms with Gasteiger partial charge in [0.1, 0.15) is 0 Å². The van der Waals surface area contributed by atoms with E-state index in [0.717, 1.165) is 32.1 Å². The third-order valence-electron chi connectivity index (χ3n) is 4.01.